The number of β-amino-alcohol motifs (C(OH)–C–C–N with tert-alkyl or cyclic N) is 1. The number of nitrogens with one attached hydrogen (secondary N) is 1. The zero-order valence-electron chi connectivity index (χ0n) is 12.3. The molecule has 1 aliphatic rings. The zero-order chi connectivity index (χ0) is 15.2. The number of ether oxygens (including phenoxy) is 1. The van der Waals surface area contributed by atoms with E-state index in [0.29, 0.717) is 24.5 Å². The number of nitrogens with two attached hydrogens (primary N) is 1. The molecule has 6 nitrogen and oxygen atoms in total. The van der Waals surface area contributed by atoms with Gasteiger partial charge in [-0.2, -0.15) is 0 Å². The van der Waals surface area contributed by atoms with Crippen molar-refractivity contribution in [2.75, 3.05) is 32.0 Å². The summed E-state index contributed by atoms with van der Waals surface area (Å²) in [6.07, 6.45) is 0.0839. The number of rotatable bonds is 6. The number of nitrogen functional groups attached to an aromatic ring is 1. The fraction of sp³-hybridized carbons (Fsp3) is 0.533. The highest BCUT2D eigenvalue weighted by Gasteiger charge is 2.29. The third kappa shape index (κ3) is 4.34. The Morgan fingerprint density at radius 1 is 1.57 bits per heavy atom. The van der Waals surface area contributed by atoms with E-state index < -0.39 is 6.10 Å². The van der Waals surface area contributed by atoms with E-state index in [4.69, 9.17) is 10.5 Å². The minimum absolute atomic E-state index is 0.0349. The lowest BCUT2D eigenvalue weighted by Gasteiger charge is -2.35. The predicted molar refractivity (Wildman–Crippen MR) is 81.0 cm³/mol. The number of aliphatic hydroxyl groups is 1. The SMILES string of the molecule is CCC1C(=O)NCCN1CC(O)COc1cccc(N)c1. The fourth-order valence-electron chi connectivity index (χ4n) is 2.54. The molecular weight excluding hydrogens is 270 g/mol. The number of carbonyl (C=O) groups excluding carboxylic acids is 1. The number of carbonyl (C=O) groups is 1. The summed E-state index contributed by atoms with van der Waals surface area (Å²) < 4.78 is 5.53. The molecule has 0 radical (unpaired) electrons. The van der Waals surface area contributed by atoms with Crippen LogP contribution in [0.1, 0.15) is 13.3 Å². The maximum atomic E-state index is 11.8. The molecule has 21 heavy (non-hydrogen) atoms. The summed E-state index contributed by atoms with van der Waals surface area (Å²) in [5.41, 5.74) is 6.30. The summed E-state index contributed by atoms with van der Waals surface area (Å²) in [6, 6.07) is 6.93. The molecule has 2 unspecified atom stereocenters. The van der Waals surface area contributed by atoms with E-state index in [1.807, 2.05) is 11.8 Å². The highest BCUT2D eigenvalue weighted by atomic mass is 16.5. The number of anilines is 1. The van der Waals surface area contributed by atoms with Gasteiger partial charge in [-0.05, 0) is 18.6 Å². The van der Waals surface area contributed by atoms with E-state index in [2.05, 4.69) is 5.32 Å². The van der Waals surface area contributed by atoms with E-state index in [9.17, 15) is 9.90 Å². The van der Waals surface area contributed by atoms with Crippen molar-refractivity contribution in [3.63, 3.8) is 0 Å². The quantitative estimate of drug-likeness (QED) is 0.653. The Hall–Kier alpha value is -1.79. The van der Waals surface area contributed by atoms with Crippen LogP contribution in [-0.4, -0.2) is 54.3 Å². The number of hydrogen-bond acceptors (Lipinski definition) is 5. The highest BCUT2D eigenvalue weighted by molar-refractivity contribution is 5.82. The summed E-state index contributed by atoms with van der Waals surface area (Å²) in [4.78, 5) is 13.8. The van der Waals surface area contributed by atoms with Gasteiger partial charge in [0.05, 0.1) is 6.04 Å². The summed E-state index contributed by atoms with van der Waals surface area (Å²) in [5, 5.41) is 12.9. The van der Waals surface area contributed by atoms with Crippen LogP contribution in [0.2, 0.25) is 0 Å². The topological polar surface area (TPSA) is 87.8 Å². The van der Waals surface area contributed by atoms with Crippen molar-refractivity contribution in [1.29, 1.82) is 0 Å². The maximum Gasteiger partial charge on any atom is 0.237 e. The van der Waals surface area contributed by atoms with Crippen LogP contribution in [0.5, 0.6) is 5.75 Å². The standard InChI is InChI=1S/C15H23N3O3/c1-2-14-15(20)17-6-7-18(14)9-12(19)10-21-13-5-3-4-11(16)8-13/h3-5,8,12,14,19H,2,6-7,9-10,16H2,1H3,(H,17,20). The first kappa shape index (κ1) is 15.6. The normalized spacial score (nSPS) is 20.9. The van der Waals surface area contributed by atoms with E-state index in [0.717, 1.165) is 13.0 Å². The minimum atomic E-state index is -0.647. The van der Waals surface area contributed by atoms with Crippen LogP contribution in [0.25, 0.3) is 0 Å². The number of nitrogens with zero attached hydrogens (tertiary/aromatic N) is 1. The molecule has 0 aliphatic carbocycles. The van der Waals surface area contributed by atoms with Crippen LogP contribution in [0, 0.1) is 0 Å². The number of piperazine rings is 1. The molecule has 2 rings (SSSR count). The smallest absolute Gasteiger partial charge is 0.237 e. The Morgan fingerprint density at radius 2 is 2.38 bits per heavy atom. The van der Waals surface area contributed by atoms with Crippen LogP contribution < -0.4 is 15.8 Å². The number of amides is 1. The van der Waals surface area contributed by atoms with Gasteiger partial charge in [-0.15, -0.1) is 0 Å². The maximum absolute atomic E-state index is 11.8. The van der Waals surface area contributed by atoms with E-state index in [1.54, 1.807) is 24.3 Å². The zero-order valence-corrected chi connectivity index (χ0v) is 12.3. The molecular formula is C15H23N3O3. The van der Waals surface area contributed by atoms with Crippen molar-refractivity contribution < 1.29 is 14.6 Å². The molecule has 0 spiro atoms. The van der Waals surface area contributed by atoms with Crippen molar-refractivity contribution in [2.45, 2.75) is 25.5 Å². The van der Waals surface area contributed by atoms with Crippen molar-refractivity contribution in [3.8, 4) is 5.75 Å². The van der Waals surface area contributed by atoms with Gasteiger partial charge in [0, 0.05) is 31.4 Å². The molecule has 0 aromatic heterocycles. The third-order valence-electron chi connectivity index (χ3n) is 3.57. The average molecular weight is 293 g/mol. The molecule has 1 aromatic carbocycles. The molecule has 1 aromatic rings. The number of hydrogen-bond donors (Lipinski definition) is 3. The van der Waals surface area contributed by atoms with Crippen LogP contribution >= 0.6 is 0 Å². The molecule has 1 heterocycles. The van der Waals surface area contributed by atoms with Gasteiger partial charge in [-0.1, -0.05) is 13.0 Å². The lowest BCUT2D eigenvalue weighted by Crippen LogP contribution is -2.56. The first-order chi connectivity index (χ1) is 10.1. The minimum Gasteiger partial charge on any atom is -0.491 e. The van der Waals surface area contributed by atoms with Crippen LogP contribution in [0.4, 0.5) is 5.69 Å². The van der Waals surface area contributed by atoms with Gasteiger partial charge >= 0.3 is 0 Å². The lowest BCUT2D eigenvalue weighted by molar-refractivity contribution is -0.129. The van der Waals surface area contributed by atoms with E-state index >= 15 is 0 Å². The largest absolute Gasteiger partial charge is 0.491 e. The fourth-order valence-corrected chi connectivity index (χ4v) is 2.54. The molecule has 1 aliphatic heterocycles. The third-order valence-corrected chi connectivity index (χ3v) is 3.57. The molecule has 1 amide bonds. The van der Waals surface area contributed by atoms with Gasteiger partial charge in [0.15, 0.2) is 0 Å². The van der Waals surface area contributed by atoms with E-state index in [1.165, 1.54) is 0 Å². The van der Waals surface area contributed by atoms with Crippen LogP contribution in [0.3, 0.4) is 0 Å². The molecule has 116 valence electrons. The second kappa shape index (κ2) is 7.28. The average Bonchev–Trinajstić information content (AvgIpc) is 2.45. The van der Waals surface area contributed by atoms with Gasteiger partial charge in [0.25, 0.3) is 0 Å². The molecule has 0 saturated carbocycles. The Balaban J connectivity index is 1.83. The van der Waals surface area contributed by atoms with Crippen molar-refractivity contribution in [1.82, 2.24) is 10.2 Å². The number of benzene rings is 1. The van der Waals surface area contributed by atoms with Crippen LogP contribution in [-0.2, 0) is 4.79 Å². The second-order valence-corrected chi connectivity index (χ2v) is 5.25. The predicted octanol–water partition coefficient (Wildman–Crippen LogP) is 0.219. The lowest BCUT2D eigenvalue weighted by atomic mass is 10.1. The monoisotopic (exact) mass is 293 g/mol. The van der Waals surface area contributed by atoms with Gasteiger partial charge in [-0.25, -0.2) is 0 Å². The summed E-state index contributed by atoms with van der Waals surface area (Å²) in [5.74, 6) is 0.671. The molecule has 1 saturated heterocycles. The van der Waals surface area contributed by atoms with Gasteiger partial charge in [-0.3, -0.25) is 9.69 Å². The molecule has 4 N–H and O–H groups in total. The van der Waals surface area contributed by atoms with Gasteiger partial charge < -0.3 is 20.9 Å². The number of aliphatic hydroxyl groups excluding tert-OH is 1. The van der Waals surface area contributed by atoms with Gasteiger partial charge in [0.1, 0.15) is 18.5 Å². The summed E-state index contributed by atoms with van der Waals surface area (Å²) in [7, 11) is 0. The summed E-state index contributed by atoms with van der Waals surface area (Å²) >= 11 is 0. The second-order valence-electron chi connectivity index (χ2n) is 5.25. The molecule has 6 heteroatoms. The molecule has 2 atom stereocenters. The van der Waals surface area contributed by atoms with Gasteiger partial charge in [0.2, 0.25) is 5.91 Å². The van der Waals surface area contributed by atoms with Crippen molar-refractivity contribution in [3.05, 3.63) is 24.3 Å². The van der Waals surface area contributed by atoms with E-state index in [-0.39, 0.29) is 18.6 Å². The van der Waals surface area contributed by atoms with Crippen LogP contribution in [0.15, 0.2) is 24.3 Å². The first-order valence-electron chi connectivity index (χ1n) is 7.28. The Bertz CT molecular complexity index is 481. The Labute approximate surface area is 124 Å². The Morgan fingerprint density at radius 3 is 3.10 bits per heavy atom. The molecule has 1 fully saturated rings. The van der Waals surface area contributed by atoms with Crippen molar-refractivity contribution in [2.24, 2.45) is 0 Å². The highest BCUT2D eigenvalue weighted by Crippen LogP contribution is 2.15. The van der Waals surface area contributed by atoms with Crippen molar-refractivity contribution >= 4 is 11.6 Å². The molecule has 0 bridgehead atoms. The first-order valence-corrected chi connectivity index (χ1v) is 7.28. The Kier molecular flexibility index (Phi) is 5.41. The summed E-state index contributed by atoms with van der Waals surface area (Å²) in [6.45, 7) is 3.95.